The number of aliphatic carboxylic acids is 1. The molecule has 4 N–H and O–H groups in total. The molecule has 9 heteroatoms. The van der Waals surface area contributed by atoms with E-state index < -0.39 is 29.6 Å². The zero-order valence-corrected chi connectivity index (χ0v) is 14.1. The van der Waals surface area contributed by atoms with Crippen molar-refractivity contribution in [3.05, 3.63) is 18.2 Å². The van der Waals surface area contributed by atoms with Crippen LogP contribution in [0.2, 0.25) is 0 Å². The SMILES string of the molecule is CC(C)(C)OC(=O)NCCCC(=O)N[C@@H](Cc1cnc[nH]1)C(=O)O. The van der Waals surface area contributed by atoms with E-state index in [-0.39, 0.29) is 19.4 Å². The highest BCUT2D eigenvalue weighted by atomic mass is 16.6. The molecule has 1 rings (SSSR count). The van der Waals surface area contributed by atoms with E-state index in [4.69, 9.17) is 9.84 Å². The van der Waals surface area contributed by atoms with Crippen LogP contribution in [0.4, 0.5) is 4.79 Å². The number of carbonyl (C=O) groups is 3. The topological polar surface area (TPSA) is 133 Å². The number of nitrogens with one attached hydrogen (secondary N) is 3. The molecule has 0 bridgehead atoms. The summed E-state index contributed by atoms with van der Waals surface area (Å²) >= 11 is 0. The first-order chi connectivity index (χ1) is 11.2. The van der Waals surface area contributed by atoms with Gasteiger partial charge in [-0.1, -0.05) is 0 Å². The predicted molar refractivity (Wildman–Crippen MR) is 85.3 cm³/mol. The Bertz CT molecular complexity index is 551. The van der Waals surface area contributed by atoms with Crippen molar-refractivity contribution in [2.75, 3.05) is 6.54 Å². The quantitative estimate of drug-likeness (QED) is 0.518. The second-order valence-corrected chi connectivity index (χ2v) is 6.27. The lowest BCUT2D eigenvalue weighted by atomic mass is 10.1. The third kappa shape index (κ3) is 8.16. The zero-order chi connectivity index (χ0) is 18.2. The maximum absolute atomic E-state index is 11.8. The summed E-state index contributed by atoms with van der Waals surface area (Å²) in [4.78, 5) is 41.0. The lowest BCUT2D eigenvalue weighted by Crippen LogP contribution is -2.42. The molecule has 0 spiro atoms. The smallest absolute Gasteiger partial charge is 0.407 e. The number of hydrogen-bond acceptors (Lipinski definition) is 5. The van der Waals surface area contributed by atoms with Crippen LogP contribution in [0.25, 0.3) is 0 Å². The summed E-state index contributed by atoms with van der Waals surface area (Å²) < 4.78 is 5.06. The number of aromatic nitrogens is 2. The molecule has 1 heterocycles. The molecule has 24 heavy (non-hydrogen) atoms. The van der Waals surface area contributed by atoms with E-state index in [9.17, 15) is 14.4 Å². The minimum absolute atomic E-state index is 0.0998. The number of H-pyrrole nitrogens is 1. The Morgan fingerprint density at radius 3 is 2.62 bits per heavy atom. The van der Waals surface area contributed by atoms with Crippen molar-refractivity contribution in [3.8, 4) is 0 Å². The van der Waals surface area contributed by atoms with Crippen LogP contribution in [0.1, 0.15) is 39.3 Å². The van der Waals surface area contributed by atoms with Crippen LogP contribution < -0.4 is 10.6 Å². The van der Waals surface area contributed by atoms with Gasteiger partial charge in [-0.15, -0.1) is 0 Å². The van der Waals surface area contributed by atoms with Gasteiger partial charge in [0, 0.05) is 31.3 Å². The molecule has 9 nitrogen and oxygen atoms in total. The van der Waals surface area contributed by atoms with Gasteiger partial charge in [-0.2, -0.15) is 0 Å². The molecule has 0 unspecified atom stereocenters. The highest BCUT2D eigenvalue weighted by Gasteiger charge is 2.21. The van der Waals surface area contributed by atoms with Crippen molar-refractivity contribution in [2.24, 2.45) is 0 Å². The second kappa shape index (κ2) is 8.90. The fourth-order valence-electron chi connectivity index (χ4n) is 1.84. The standard InChI is InChI=1S/C15H24N4O5/c1-15(2,3)24-14(23)17-6-4-5-12(20)19-11(13(21)22)7-10-8-16-9-18-10/h8-9,11H,4-7H2,1-3H3,(H,16,18)(H,17,23)(H,19,20)(H,21,22)/t11-/m0/s1. The van der Waals surface area contributed by atoms with Gasteiger partial charge in [-0.3, -0.25) is 4.79 Å². The number of amides is 2. The van der Waals surface area contributed by atoms with E-state index in [2.05, 4.69) is 20.6 Å². The van der Waals surface area contributed by atoms with Crippen LogP contribution in [-0.2, 0) is 20.7 Å². The van der Waals surface area contributed by atoms with Gasteiger partial charge in [0.1, 0.15) is 11.6 Å². The number of carboxylic acids is 1. The Balaban J connectivity index is 2.29. The Morgan fingerprint density at radius 2 is 2.08 bits per heavy atom. The molecule has 1 aromatic heterocycles. The van der Waals surface area contributed by atoms with E-state index in [1.54, 1.807) is 20.8 Å². The Morgan fingerprint density at radius 1 is 1.38 bits per heavy atom. The first-order valence-electron chi connectivity index (χ1n) is 7.63. The maximum Gasteiger partial charge on any atom is 0.407 e. The van der Waals surface area contributed by atoms with Crippen LogP contribution in [0.15, 0.2) is 12.5 Å². The molecule has 2 amide bonds. The molecular weight excluding hydrogens is 316 g/mol. The van der Waals surface area contributed by atoms with Crippen molar-refractivity contribution in [3.63, 3.8) is 0 Å². The van der Waals surface area contributed by atoms with Crippen LogP contribution in [0.5, 0.6) is 0 Å². The number of aromatic amines is 1. The van der Waals surface area contributed by atoms with E-state index in [0.29, 0.717) is 12.1 Å². The molecule has 0 aliphatic rings. The molecule has 1 atom stereocenters. The van der Waals surface area contributed by atoms with Crippen LogP contribution >= 0.6 is 0 Å². The van der Waals surface area contributed by atoms with Gasteiger partial charge in [0.25, 0.3) is 0 Å². The number of nitrogens with zero attached hydrogens (tertiary/aromatic N) is 1. The molecular formula is C15H24N4O5. The van der Waals surface area contributed by atoms with Gasteiger partial charge in [-0.25, -0.2) is 14.6 Å². The molecule has 0 radical (unpaired) electrons. The number of imidazole rings is 1. The Hall–Kier alpha value is -2.58. The molecule has 0 aromatic carbocycles. The third-order valence-electron chi connectivity index (χ3n) is 2.86. The Kier molecular flexibility index (Phi) is 7.22. The first-order valence-corrected chi connectivity index (χ1v) is 7.63. The summed E-state index contributed by atoms with van der Waals surface area (Å²) in [5, 5.41) is 14.1. The average molecular weight is 340 g/mol. The number of rotatable bonds is 8. The van der Waals surface area contributed by atoms with Crippen molar-refractivity contribution in [1.82, 2.24) is 20.6 Å². The molecule has 0 fully saturated rings. The first kappa shape index (κ1) is 19.5. The van der Waals surface area contributed by atoms with Gasteiger partial charge in [0.15, 0.2) is 0 Å². The van der Waals surface area contributed by atoms with E-state index in [0.717, 1.165) is 0 Å². The van der Waals surface area contributed by atoms with Gasteiger partial charge >= 0.3 is 12.1 Å². The summed E-state index contributed by atoms with van der Waals surface area (Å²) in [7, 11) is 0. The minimum Gasteiger partial charge on any atom is -0.480 e. The van der Waals surface area contributed by atoms with Crippen LogP contribution in [0.3, 0.4) is 0 Å². The summed E-state index contributed by atoms with van der Waals surface area (Å²) in [5.41, 5.74) is 0.0392. The Labute approximate surface area is 140 Å². The van der Waals surface area contributed by atoms with Gasteiger partial charge in [-0.05, 0) is 27.2 Å². The van der Waals surface area contributed by atoms with Crippen molar-refractivity contribution in [2.45, 2.75) is 51.7 Å². The highest BCUT2D eigenvalue weighted by molar-refractivity contribution is 5.83. The van der Waals surface area contributed by atoms with Gasteiger partial charge in [0.2, 0.25) is 5.91 Å². The normalized spacial score (nSPS) is 12.3. The van der Waals surface area contributed by atoms with E-state index in [1.165, 1.54) is 12.5 Å². The van der Waals surface area contributed by atoms with Crippen LogP contribution in [-0.4, -0.2) is 51.2 Å². The third-order valence-corrected chi connectivity index (χ3v) is 2.86. The van der Waals surface area contributed by atoms with Gasteiger partial charge < -0.3 is 25.5 Å². The molecule has 1 aromatic rings. The van der Waals surface area contributed by atoms with E-state index >= 15 is 0 Å². The van der Waals surface area contributed by atoms with Crippen molar-refractivity contribution >= 4 is 18.0 Å². The molecule has 134 valence electrons. The minimum atomic E-state index is -1.12. The lowest BCUT2D eigenvalue weighted by molar-refractivity contribution is -0.141. The summed E-state index contributed by atoms with van der Waals surface area (Å²) in [5.74, 6) is -1.52. The highest BCUT2D eigenvalue weighted by Crippen LogP contribution is 2.06. The molecule has 0 aliphatic carbocycles. The number of hydrogen-bond donors (Lipinski definition) is 4. The number of alkyl carbamates (subject to hydrolysis) is 1. The van der Waals surface area contributed by atoms with E-state index in [1.807, 2.05) is 0 Å². The lowest BCUT2D eigenvalue weighted by Gasteiger charge is -2.19. The largest absolute Gasteiger partial charge is 0.480 e. The summed E-state index contributed by atoms with van der Waals surface area (Å²) in [6.07, 6.45) is 3.00. The summed E-state index contributed by atoms with van der Waals surface area (Å²) in [6.45, 7) is 5.53. The predicted octanol–water partition coefficient (Wildman–Crippen LogP) is 0.827. The maximum atomic E-state index is 11.8. The number of ether oxygens (including phenoxy) is 1. The van der Waals surface area contributed by atoms with Crippen molar-refractivity contribution < 1.29 is 24.2 Å². The fourth-order valence-corrected chi connectivity index (χ4v) is 1.84. The van der Waals surface area contributed by atoms with Crippen molar-refractivity contribution in [1.29, 1.82) is 0 Å². The average Bonchev–Trinajstić information content (AvgIpc) is 2.94. The van der Waals surface area contributed by atoms with Crippen LogP contribution in [0, 0.1) is 0 Å². The second-order valence-electron chi connectivity index (χ2n) is 6.27. The molecule has 0 saturated heterocycles. The number of carbonyl (C=O) groups excluding carboxylic acids is 2. The fraction of sp³-hybridized carbons (Fsp3) is 0.600. The zero-order valence-electron chi connectivity index (χ0n) is 14.1. The monoisotopic (exact) mass is 340 g/mol. The summed E-state index contributed by atoms with van der Waals surface area (Å²) in [6, 6.07) is -1.03. The van der Waals surface area contributed by atoms with Gasteiger partial charge in [0.05, 0.1) is 6.33 Å². The molecule has 0 aliphatic heterocycles. The number of carboxylic acid groups (broad SMARTS) is 1. The molecule has 0 saturated carbocycles.